The van der Waals surface area contributed by atoms with Crippen LogP contribution in [0.25, 0.3) is 0 Å². The highest BCUT2D eigenvalue weighted by Crippen LogP contribution is 2.28. The zero-order valence-electron chi connectivity index (χ0n) is 13.0. The summed E-state index contributed by atoms with van der Waals surface area (Å²) in [6.07, 6.45) is 0. The molecule has 0 radical (unpaired) electrons. The topological polar surface area (TPSA) is 54.3 Å². The molecule has 20 heavy (non-hydrogen) atoms. The van der Waals surface area contributed by atoms with Gasteiger partial charge in [-0.2, -0.15) is 5.26 Å². The maximum atomic E-state index is 8.86. The Kier molecular flexibility index (Phi) is 5.84. The summed E-state index contributed by atoms with van der Waals surface area (Å²) in [5.74, 6) is 1.66. The van der Waals surface area contributed by atoms with Crippen molar-refractivity contribution in [2.75, 3.05) is 20.3 Å². The number of rotatable bonds is 6. The third-order valence-corrected chi connectivity index (χ3v) is 2.80. The molecule has 0 spiro atoms. The second-order valence-electron chi connectivity index (χ2n) is 6.02. The maximum Gasteiger partial charge on any atom is 0.162 e. The van der Waals surface area contributed by atoms with Crippen LogP contribution in [-0.4, -0.2) is 25.8 Å². The molecule has 0 amide bonds. The molecule has 0 aliphatic carbocycles. The van der Waals surface area contributed by atoms with Gasteiger partial charge in [-0.15, -0.1) is 0 Å². The fraction of sp³-hybridized carbons (Fsp3) is 0.562. The average molecular weight is 276 g/mol. The van der Waals surface area contributed by atoms with E-state index in [-0.39, 0.29) is 5.54 Å². The standard InChI is InChI=1S/C16H24N2O2/c1-12(10-18-16(2,3)4)11-20-14-7-6-13(9-17)8-15(14)19-5/h6-8,12,18H,10-11H2,1-5H3. The second kappa shape index (κ2) is 7.16. The van der Waals surface area contributed by atoms with Crippen LogP contribution in [0.2, 0.25) is 0 Å². The minimum absolute atomic E-state index is 0.112. The minimum Gasteiger partial charge on any atom is -0.493 e. The van der Waals surface area contributed by atoms with Gasteiger partial charge in [-0.3, -0.25) is 0 Å². The number of hydrogen-bond donors (Lipinski definition) is 1. The van der Waals surface area contributed by atoms with E-state index in [1.807, 2.05) is 0 Å². The number of hydrogen-bond acceptors (Lipinski definition) is 4. The molecule has 1 unspecified atom stereocenters. The Labute approximate surface area is 121 Å². The van der Waals surface area contributed by atoms with E-state index in [2.05, 4.69) is 39.1 Å². The van der Waals surface area contributed by atoms with E-state index in [1.165, 1.54) is 0 Å². The van der Waals surface area contributed by atoms with Gasteiger partial charge >= 0.3 is 0 Å². The lowest BCUT2D eigenvalue weighted by Crippen LogP contribution is -2.39. The van der Waals surface area contributed by atoms with E-state index in [9.17, 15) is 0 Å². The number of ether oxygens (including phenoxy) is 2. The Balaban J connectivity index is 2.55. The predicted molar refractivity (Wildman–Crippen MR) is 80.1 cm³/mol. The number of nitriles is 1. The van der Waals surface area contributed by atoms with Crippen LogP contribution < -0.4 is 14.8 Å². The van der Waals surface area contributed by atoms with Gasteiger partial charge in [0.05, 0.1) is 25.3 Å². The predicted octanol–water partition coefficient (Wildman–Crippen LogP) is 2.97. The molecule has 0 aliphatic rings. The van der Waals surface area contributed by atoms with Crippen molar-refractivity contribution in [2.45, 2.75) is 33.2 Å². The van der Waals surface area contributed by atoms with Crippen LogP contribution in [0, 0.1) is 17.2 Å². The van der Waals surface area contributed by atoms with Crippen molar-refractivity contribution < 1.29 is 9.47 Å². The third-order valence-electron chi connectivity index (χ3n) is 2.80. The Morgan fingerprint density at radius 3 is 2.55 bits per heavy atom. The van der Waals surface area contributed by atoms with Crippen molar-refractivity contribution in [1.82, 2.24) is 5.32 Å². The Morgan fingerprint density at radius 1 is 1.30 bits per heavy atom. The number of nitrogens with one attached hydrogen (secondary N) is 1. The molecule has 0 aliphatic heterocycles. The first-order chi connectivity index (χ1) is 9.35. The molecule has 4 heteroatoms. The summed E-state index contributed by atoms with van der Waals surface area (Å²) in [6, 6.07) is 7.28. The van der Waals surface area contributed by atoms with Gasteiger partial charge in [0, 0.05) is 24.1 Å². The highest BCUT2D eigenvalue weighted by molar-refractivity contribution is 5.46. The summed E-state index contributed by atoms with van der Waals surface area (Å²) < 4.78 is 11.0. The summed E-state index contributed by atoms with van der Waals surface area (Å²) in [6.45, 7) is 10.1. The second-order valence-corrected chi connectivity index (χ2v) is 6.02. The molecule has 0 fully saturated rings. The van der Waals surface area contributed by atoms with Crippen LogP contribution in [0.5, 0.6) is 11.5 Å². The van der Waals surface area contributed by atoms with Gasteiger partial charge in [-0.25, -0.2) is 0 Å². The van der Waals surface area contributed by atoms with Crippen molar-refractivity contribution in [3.05, 3.63) is 23.8 Å². The van der Waals surface area contributed by atoms with E-state index in [1.54, 1.807) is 25.3 Å². The van der Waals surface area contributed by atoms with Gasteiger partial charge in [-0.05, 0) is 32.9 Å². The van der Waals surface area contributed by atoms with Crippen LogP contribution in [0.1, 0.15) is 33.3 Å². The molecule has 0 heterocycles. The Bertz CT molecular complexity index is 472. The van der Waals surface area contributed by atoms with Gasteiger partial charge in [0.2, 0.25) is 0 Å². The molecule has 1 rings (SSSR count). The highest BCUT2D eigenvalue weighted by Gasteiger charge is 2.12. The number of methoxy groups -OCH3 is 1. The van der Waals surface area contributed by atoms with E-state index >= 15 is 0 Å². The van der Waals surface area contributed by atoms with Crippen molar-refractivity contribution in [1.29, 1.82) is 5.26 Å². The molecule has 4 nitrogen and oxygen atoms in total. The summed E-state index contributed by atoms with van der Waals surface area (Å²) >= 11 is 0. The molecule has 1 aromatic rings. The van der Waals surface area contributed by atoms with Gasteiger partial charge in [0.1, 0.15) is 0 Å². The summed E-state index contributed by atoms with van der Waals surface area (Å²) in [4.78, 5) is 0. The molecular weight excluding hydrogens is 252 g/mol. The first-order valence-corrected chi connectivity index (χ1v) is 6.81. The lowest BCUT2D eigenvalue weighted by atomic mass is 10.1. The van der Waals surface area contributed by atoms with Crippen LogP contribution in [-0.2, 0) is 0 Å². The monoisotopic (exact) mass is 276 g/mol. The van der Waals surface area contributed by atoms with Crippen LogP contribution in [0.15, 0.2) is 18.2 Å². The summed E-state index contributed by atoms with van der Waals surface area (Å²) in [7, 11) is 1.58. The Morgan fingerprint density at radius 2 is 2.00 bits per heavy atom. The summed E-state index contributed by atoms with van der Waals surface area (Å²) in [5.41, 5.74) is 0.678. The highest BCUT2D eigenvalue weighted by atomic mass is 16.5. The fourth-order valence-corrected chi connectivity index (χ4v) is 1.63. The van der Waals surface area contributed by atoms with Gasteiger partial charge in [0.15, 0.2) is 11.5 Å². The molecule has 110 valence electrons. The maximum absolute atomic E-state index is 8.86. The molecule has 0 aromatic heterocycles. The van der Waals surface area contributed by atoms with Gasteiger partial charge in [-0.1, -0.05) is 6.92 Å². The SMILES string of the molecule is COc1cc(C#N)ccc1OCC(C)CNC(C)(C)C. The first-order valence-electron chi connectivity index (χ1n) is 6.81. The lowest BCUT2D eigenvalue weighted by Gasteiger charge is -2.23. The molecular formula is C16H24N2O2. The molecule has 0 bridgehead atoms. The van der Waals surface area contributed by atoms with E-state index in [0.29, 0.717) is 29.6 Å². The van der Waals surface area contributed by atoms with Crippen molar-refractivity contribution in [3.63, 3.8) is 0 Å². The van der Waals surface area contributed by atoms with Crippen LogP contribution in [0.3, 0.4) is 0 Å². The lowest BCUT2D eigenvalue weighted by molar-refractivity contribution is 0.234. The minimum atomic E-state index is 0.112. The van der Waals surface area contributed by atoms with Crippen molar-refractivity contribution in [3.8, 4) is 17.6 Å². The molecule has 1 aromatic carbocycles. The smallest absolute Gasteiger partial charge is 0.162 e. The van der Waals surface area contributed by atoms with E-state index < -0.39 is 0 Å². The fourth-order valence-electron chi connectivity index (χ4n) is 1.63. The number of benzene rings is 1. The normalized spacial score (nSPS) is 12.6. The quantitative estimate of drug-likeness (QED) is 0.868. The van der Waals surface area contributed by atoms with Gasteiger partial charge in [0.25, 0.3) is 0 Å². The zero-order valence-corrected chi connectivity index (χ0v) is 13.0. The van der Waals surface area contributed by atoms with E-state index in [4.69, 9.17) is 14.7 Å². The molecule has 0 saturated carbocycles. The molecule has 0 saturated heterocycles. The molecule has 1 atom stereocenters. The van der Waals surface area contributed by atoms with Gasteiger partial charge < -0.3 is 14.8 Å². The summed E-state index contributed by atoms with van der Waals surface area (Å²) in [5, 5.41) is 12.3. The average Bonchev–Trinajstić information content (AvgIpc) is 2.41. The molecule has 1 N–H and O–H groups in total. The first kappa shape index (κ1) is 16.3. The van der Waals surface area contributed by atoms with Crippen LogP contribution in [0.4, 0.5) is 0 Å². The van der Waals surface area contributed by atoms with Crippen molar-refractivity contribution >= 4 is 0 Å². The third kappa shape index (κ3) is 5.50. The zero-order chi connectivity index (χ0) is 15.2. The van der Waals surface area contributed by atoms with Crippen LogP contribution >= 0.6 is 0 Å². The largest absolute Gasteiger partial charge is 0.493 e. The van der Waals surface area contributed by atoms with E-state index in [0.717, 1.165) is 6.54 Å². The number of nitrogens with zero attached hydrogens (tertiary/aromatic N) is 1. The van der Waals surface area contributed by atoms with Crippen molar-refractivity contribution in [2.24, 2.45) is 5.92 Å². The Hall–Kier alpha value is -1.73.